The average molecular weight is 411 g/mol. The standard InChI is InChI=1S/C17H21N3O.HI/c1-11-6-12(2)8-15(7-11)21-16-5-4-14(9-13(16)3)10-20-17(18)19;/h4-9H,10H2,1-3H3,(H4,18,19,20);1H. The van der Waals surface area contributed by atoms with Crippen molar-refractivity contribution < 1.29 is 4.74 Å². The number of hydrogen-bond donors (Lipinski definition) is 2. The van der Waals surface area contributed by atoms with Gasteiger partial charge in [0.25, 0.3) is 0 Å². The first-order valence-electron chi connectivity index (χ1n) is 6.85. The van der Waals surface area contributed by atoms with Gasteiger partial charge in [0.15, 0.2) is 5.96 Å². The number of aryl methyl sites for hydroxylation is 3. The number of guanidine groups is 1. The van der Waals surface area contributed by atoms with Crippen molar-refractivity contribution in [2.24, 2.45) is 16.5 Å². The van der Waals surface area contributed by atoms with Crippen molar-refractivity contribution in [2.45, 2.75) is 27.3 Å². The maximum atomic E-state index is 5.97. The van der Waals surface area contributed by atoms with Gasteiger partial charge >= 0.3 is 0 Å². The Balaban J connectivity index is 0.00000242. The zero-order valence-electron chi connectivity index (χ0n) is 13.1. The Bertz CT molecular complexity index is 659. The Morgan fingerprint density at radius 3 is 2.18 bits per heavy atom. The van der Waals surface area contributed by atoms with Crippen LogP contribution >= 0.6 is 24.0 Å². The van der Waals surface area contributed by atoms with Crippen molar-refractivity contribution in [2.75, 3.05) is 0 Å². The summed E-state index contributed by atoms with van der Waals surface area (Å²) in [5.74, 6) is 1.80. The van der Waals surface area contributed by atoms with Gasteiger partial charge in [-0.3, -0.25) is 0 Å². The Labute approximate surface area is 148 Å². The third-order valence-corrected chi connectivity index (χ3v) is 3.11. The smallest absolute Gasteiger partial charge is 0.186 e. The Hall–Kier alpha value is -1.76. The summed E-state index contributed by atoms with van der Waals surface area (Å²) in [5.41, 5.74) is 15.2. The molecule has 2 aromatic rings. The average Bonchev–Trinajstić information content (AvgIpc) is 2.38. The van der Waals surface area contributed by atoms with Gasteiger partial charge in [-0.1, -0.05) is 18.2 Å². The second-order valence-electron chi connectivity index (χ2n) is 5.27. The number of benzene rings is 2. The summed E-state index contributed by atoms with van der Waals surface area (Å²) in [6.07, 6.45) is 0. The summed E-state index contributed by atoms with van der Waals surface area (Å²) in [4.78, 5) is 4.00. The predicted molar refractivity (Wildman–Crippen MR) is 102 cm³/mol. The molecule has 0 aliphatic carbocycles. The van der Waals surface area contributed by atoms with E-state index in [9.17, 15) is 0 Å². The van der Waals surface area contributed by atoms with E-state index in [-0.39, 0.29) is 29.9 Å². The highest BCUT2D eigenvalue weighted by Crippen LogP contribution is 2.27. The van der Waals surface area contributed by atoms with Crippen molar-refractivity contribution in [3.05, 3.63) is 58.7 Å². The number of halogens is 1. The molecule has 5 heteroatoms. The zero-order valence-corrected chi connectivity index (χ0v) is 15.4. The molecule has 0 atom stereocenters. The molecule has 0 amide bonds. The lowest BCUT2D eigenvalue weighted by atomic mass is 10.1. The van der Waals surface area contributed by atoms with Gasteiger partial charge < -0.3 is 16.2 Å². The fraction of sp³-hybridized carbons (Fsp3) is 0.235. The molecule has 4 nitrogen and oxygen atoms in total. The molecule has 22 heavy (non-hydrogen) atoms. The summed E-state index contributed by atoms with van der Waals surface area (Å²) in [6.45, 7) is 6.61. The van der Waals surface area contributed by atoms with Gasteiger partial charge in [-0.2, -0.15) is 0 Å². The highest BCUT2D eigenvalue weighted by atomic mass is 127. The monoisotopic (exact) mass is 411 g/mol. The topological polar surface area (TPSA) is 73.6 Å². The first-order valence-corrected chi connectivity index (χ1v) is 6.85. The van der Waals surface area contributed by atoms with Gasteiger partial charge in [-0.05, 0) is 61.2 Å². The van der Waals surface area contributed by atoms with Gasteiger partial charge in [0, 0.05) is 0 Å². The van der Waals surface area contributed by atoms with Gasteiger partial charge in [0.1, 0.15) is 11.5 Å². The van der Waals surface area contributed by atoms with Crippen molar-refractivity contribution >= 4 is 29.9 Å². The van der Waals surface area contributed by atoms with Crippen LogP contribution < -0.4 is 16.2 Å². The quantitative estimate of drug-likeness (QED) is 0.457. The molecular formula is C17H22IN3O. The van der Waals surface area contributed by atoms with E-state index in [1.807, 2.05) is 37.3 Å². The summed E-state index contributed by atoms with van der Waals surface area (Å²) < 4.78 is 5.97. The maximum absolute atomic E-state index is 5.97. The van der Waals surface area contributed by atoms with Crippen LogP contribution in [0.2, 0.25) is 0 Å². The molecule has 0 spiro atoms. The van der Waals surface area contributed by atoms with Gasteiger partial charge in [0.05, 0.1) is 6.54 Å². The molecule has 0 saturated heterocycles. The third-order valence-electron chi connectivity index (χ3n) is 3.11. The van der Waals surface area contributed by atoms with E-state index >= 15 is 0 Å². The van der Waals surface area contributed by atoms with Crippen LogP contribution in [0.25, 0.3) is 0 Å². The molecule has 0 aromatic heterocycles. The first kappa shape index (κ1) is 18.3. The maximum Gasteiger partial charge on any atom is 0.186 e. The van der Waals surface area contributed by atoms with E-state index in [1.165, 1.54) is 11.1 Å². The van der Waals surface area contributed by atoms with Crippen LogP contribution in [0.4, 0.5) is 0 Å². The lowest BCUT2D eigenvalue weighted by Gasteiger charge is -2.11. The Morgan fingerprint density at radius 2 is 1.64 bits per heavy atom. The summed E-state index contributed by atoms with van der Waals surface area (Å²) in [5, 5.41) is 0. The second-order valence-corrected chi connectivity index (χ2v) is 5.27. The van der Waals surface area contributed by atoms with E-state index in [0.717, 1.165) is 22.6 Å². The fourth-order valence-electron chi connectivity index (χ4n) is 2.23. The number of hydrogen-bond acceptors (Lipinski definition) is 2. The molecule has 2 aromatic carbocycles. The predicted octanol–water partition coefficient (Wildman–Crippen LogP) is 3.80. The van der Waals surface area contributed by atoms with Crippen LogP contribution in [0.5, 0.6) is 11.5 Å². The van der Waals surface area contributed by atoms with Crippen molar-refractivity contribution in [3.8, 4) is 11.5 Å². The molecule has 0 bridgehead atoms. The molecule has 4 N–H and O–H groups in total. The molecule has 118 valence electrons. The van der Waals surface area contributed by atoms with Crippen molar-refractivity contribution in [1.29, 1.82) is 0 Å². The molecule has 2 rings (SSSR count). The van der Waals surface area contributed by atoms with E-state index in [1.54, 1.807) is 0 Å². The van der Waals surface area contributed by atoms with Crippen LogP contribution in [0.15, 0.2) is 41.4 Å². The van der Waals surface area contributed by atoms with Crippen molar-refractivity contribution in [1.82, 2.24) is 0 Å². The number of nitrogens with two attached hydrogens (primary N) is 2. The SMILES string of the molecule is Cc1cc(C)cc(Oc2ccc(CN=C(N)N)cc2C)c1.I. The fourth-order valence-corrected chi connectivity index (χ4v) is 2.23. The van der Waals surface area contributed by atoms with Crippen LogP contribution in [0, 0.1) is 20.8 Å². The van der Waals surface area contributed by atoms with E-state index in [2.05, 4.69) is 24.9 Å². The molecule has 0 radical (unpaired) electrons. The molecule has 0 aliphatic heterocycles. The number of ether oxygens (including phenoxy) is 1. The highest BCUT2D eigenvalue weighted by Gasteiger charge is 2.04. The normalized spacial score (nSPS) is 9.77. The van der Waals surface area contributed by atoms with Gasteiger partial charge in [-0.25, -0.2) is 4.99 Å². The molecule has 0 unspecified atom stereocenters. The minimum atomic E-state index is 0. The van der Waals surface area contributed by atoms with Crippen LogP contribution in [0.3, 0.4) is 0 Å². The molecule has 0 saturated carbocycles. The third kappa shape index (κ3) is 5.22. The van der Waals surface area contributed by atoms with E-state index in [4.69, 9.17) is 16.2 Å². The summed E-state index contributed by atoms with van der Waals surface area (Å²) in [7, 11) is 0. The van der Waals surface area contributed by atoms with Crippen molar-refractivity contribution in [3.63, 3.8) is 0 Å². The van der Waals surface area contributed by atoms with E-state index < -0.39 is 0 Å². The second kappa shape index (κ2) is 8.03. The lowest BCUT2D eigenvalue weighted by molar-refractivity contribution is 0.478. The molecular weight excluding hydrogens is 389 g/mol. The Morgan fingerprint density at radius 1 is 1.00 bits per heavy atom. The van der Waals surface area contributed by atoms with Crippen LogP contribution in [-0.2, 0) is 6.54 Å². The van der Waals surface area contributed by atoms with Gasteiger partial charge in [0.2, 0.25) is 0 Å². The Kier molecular flexibility index (Phi) is 6.67. The van der Waals surface area contributed by atoms with Crippen LogP contribution in [-0.4, -0.2) is 5.96 Å². The molecule has 0 heterocycles. The molecule has 0 aliphatic rings. The number of nitrogens with zero attached hydrogens (tertiary/aromatic N) is 1. The minimum absolute atomic E-state index is 0. The van der Waals surface area contributed by atoms with Crippen LogP contribution in [0.1, 0.15) is 22.3 Å². The zero-order chi connectivity index (χ0) is 15.4. The lowest BCUT2D eigenvalue weighted by Crippen LogP contribution is -2.22. The van der Waals surface area contributed by atoms with E-state index in [0.29, 0.717) is 6.54 Å². The number of aliphatic imine (C=N–C) groups is 1. The molecule has 0 fully saturated rings. The minimum Gasteiger partial charge on any atom is -0.457 e. The highest BCUT2D eigenvalue weighted by molar-refractivity contribution is 14.0. The first-order chi connectivity index (χ1) is 9.94. The summed E-state index contributed by atoms with van der Waals surface area (Å²) >= 11 is 0. The summed E-state index contributed by atoms with van der Waals surface area (Å²) in [6, 6.07) is 12.1. The largest absolute Gasteiger partial charge is 0.457 e. The van der Waals surface area contributed by atoms with Gasteiger partial charge in [-0.15, -0.1) is 24.0 Å². The number of rotatable bonds is 4.